The van der Waals surface area contributed by atoms with E-state index in [1.54, 1.807) is 22.9 Å². The van der Waals surface area contributed by atoms with Crippen LogP contribution < -0.4 is 16.6 Å². The number of nitrogens with one attached hydrogen (secondary N) is 1. The summed E-state index contributed by atoms with van der Waals surface area (Å²) >= 11 is 0. The van der Waals surface area contributed by atoms with E-state index in [1.165, 1.54) is 0 Å². The number of nitrogens with zero attached hydrogens (tertiary/aromatic N) is 1. The third-order valence-electron chi connectivity index (χ3n) is 2.31. The molecule has 3 N–H and O–H groups in total. The molecule has 0 bridgehead atoms. The largest absolute Gasteiger partial charge is 0.394 e. The topological polar surface area (TPSA) is 60.0 Å². The molecule has 1 aromatic heterocycles. The fourth-order valence-corrected chi connectivity index (χ4v) is 1.56. The van der Waals surface area contributed by atoms with Crippen LogP contribution in [0.4, 0.5) is 5.69 Å². The molecule has 0 fully saturated rings. The van der Waals surface area contributed by atoms with E-state index < -0.39 is 0 Å². The lowest BCUT2D eigenvalue weighted by molar-refractivity contribution is 0.710. The number of anilines is 1. The summed E-state index contributed by atoms with van der Waals surface area (Å²) in [7, 11) is 0. The number of nitrogens with two attached hydrogens (primary N) is 1. The van der Waals surface area contributed by atoms with Crippen LogP contribution in [0.5, 0.6) is 0 Å². The molecular formula is C10H13N3O. The van der Waals surface area contributed by atoms with Gasteiger partial charge in [-0.25, -0.2) is 0 Å². The summed E-state index contributed by atoms with van der Waals surface area (Å²) < 4.78 is 1.60. The van der Waals surface area contributed by atoms with Crippen LogP contribution in [0.2, 0.25) is 0 Å². The van der Waals surface area contributed by atoms with E-state index in [0.717, 1.165) is 25.1 Å². The third-order valence-corrected chi connectivity index (χ3v) is 2.31. The van der Waals surface area contributed by atoms with Crippen LogP contribution in [0.15, 0.2) is 29.3 Å². The Morgan fingerprint density at radius 3 is 3.07 bits per heavy atom. The number of hydrogen-bond acceptors (Lipinski definition) is 3. The minimum Gasteiger partial charge on any atom is -0.394 e. The van der Waals surface area contributed by atoms with Gasteiger partial charge in [-0.05, 0) is 25.0 Å². The molecule has 0 spiro atoms. The van der Waals surface area contributed by atoms with Gasteiger partial charge in [0.2, 0.25) is 0 Å². The molecule has 0 radical (unpaired) electrons. The Bertz CT molecular complexity index is 420. The van der Waals surface area contributed by atoms with Gasteiger partial charge in [-0.1, -0.05) is 0 Å². The minimum atomic E-state index is -0.137. The van der Waals surface area contributed by atoms with Crippen LogP contribution in [0.3, 0.4) is 0 Å². The quantitative estimate of drug-likeness (QED) is 0.683. The highest BCUT2D eigenvalue weighted by Gasteiger charge is 2.07. The molecule has 2 rings (SSSR count). The summed E-state index contributed by atoms with van der Waals surface area (Å²) in [5.74, 6) is 0. The second-order valence-electron chi connectivity index (χ2n) is 3.33. The average molecular weight is 191 g/mol. The maximum Gasteiger partial charge on any atom is 0.277 e. The van der Waals surface area contributed by atoms with Gasteiger partial charge in [-0.2, -0.15) is 0 Å². The number of allylic oxidation sites excluding steroid dienone is 1. The Morgan fingerprint density at radius 2 is 2.36 bits per heavy atom. The van der Waals surface area contributed by atoms with Gasteiger partial charge in [0.05, 0.1) is 5.69 Å². The summed E-state index contributed by atoms with van der Waals surface area (Å²) in [6.07, 6.45) is 5.59. The van der Waals surface area contributed by atoms with Crippen LogP contribution >= 0.6 is 0 Å². The molecule has 1 aromatic rings. The van der Waals surface area contributed by atoms with Crippen molar-refractivity contribution < 1.29 is 0 Å². The summed E-state index contributed by atoms with van der Waals surface area (Å²) in [6.45, 7) is 0.973. The average Bonchev–Trinajstić information content (AvgIpc) is 2.23. The zero-order valence-electron chi connectivity index (χ0n) is 7.86. The van der Waals surface area contributed by atoms with E-state index in [9.17, 15) is 4.79 Å². The standard InChI is InChI=1S/C10H13N3O/c11-9-4-2-6-13(10(9)14)8-3-1-5-12-7-8/h2,4,6-7,12H,1,3,5,11H2. The molecule has 1 aliphatic heterocycles. The van der Waals surface area contributed by atoms with Crippen LogP contribution in [0.1, 0.15) is 12.8 Å². The molecule has 0 saturated heterocycles. The monoisotopic (exact) mass is 191 g/mol. The predicted octanol–water partition coefficient (Wildman–Crippen LogP) is 0.612. The summed E-state index contributed by atoms with van der Waals surface area (Å²) in [4.78, 5) is 11.6. The van der Waals surface area contributed by atoms with Gasteiger partial charge in [0.1, 0.15) is 0 Å². The number of nitrogen functional groups attached to an aromatic ring is 1. The normalized spacial score (nSPS) is 15.9. The molecule has 0 aromatic carbocycles. The van der Waals surface area contributed by atoms with Crippen LogP contribution in [-0.2, 0) is 0 Å². The van der Waals surface area contributed by atoms with Crippen molar-refractivity contribution in [2.45, 2.75) is 12.8 Å². The van der Waals surface area contributed by atoms with Gasteiger partial charge in [-0.15, -0.1) is 0 Å². The fraction of sp³-hybridized carbons (Fsp3) is 0.300. The van der Waals surface area contributed by atoms with Gasteiger partial charge in [0.15, 0.2) is 0 Å². The van der Waals surface area contributed by atoms with Gasteiger partial charge < -0.3 is 11.1 Å². The molecule has 1 aliphatic rings. The molecule has 0 aliphatic carbocycles. The highest BCUT2D eigenvalue weighted by molar-refractivity contribution is 5.49. The lowest BCUT2D eigenvalue weighted by Crippen LogP contribution is -2.25. The first-order valence-electron chi connectivity index (χ1n) is 4.69. The summed E-state index contributed by atoms with van der Waals surface area (Å²) in [5, 5.41) is 3.12. The molecule has 2 heterocycles. The van der Waals surface area contributed by atoms with Gasteiger partial charge in [0, 0.05) is 24.6 Å². The Balaban J connectivity index is 2.46. The second-order valence-corrected chi connectivity index (χ2v) is 3.33. The predicted molar refractivity (Wildman–Crippen MR) is 56.6 cm³/mol. The molecule has 14 heavy (non-hydrogen) atoms. The van der Waals surface area contributed by atoms with Crippen molar-refractivity contribution in [2.24, 2.45) is 0 Å². The zero-order valence-corrected chi connectivity index (χ0v) is 7.86. The summed E-state index contributed by atoms with van der Waals surface area (Å²) in [6, 6.07) is 3.40. The molecule has 0 atom stereocenters. The van der Waals surface area contributed by atoms with Crippen molar-refractivity contribution >= 4 is 11.4 Å². The van der Waals surface area contributed by atoms with E-state index in [2.05, 4.69) is 5.32 Å². The maximum atomic E-state index is 11.6. The molecular weight excluding hydrogens is 178 g/mol. The molecule has 0 amide bonds. The Kier molecular flexibility index (Phi) is 2.26. The van der Waals surface area contributed by atoms with E-state index in [-0.39, 0.29) is 5.56 Å². The SMILES string of the molecule is Nc1cccn(C2=CNCCC2)c1=O. The maximum absolute atomic E-state index is 11.6. The minimum absolute atomic E-state index is 0.137. The van der Waals surface area contributed by atoms with Crippen molar-refractivity contribution in [2.75, 3.05) is 12.3 Å². The molecule has 74 valence electrons. The second kappa shape index (κ2) is 3.57. The Hall–Kier alpha value is -1.71. The van der Waals surface area contributed by atoms with Crippen LogP contribution in [-0.4, -0.2) is 11.1 Å². The Labute approximate surface area is 82.0 Å². The molecule has 0 unspecified atom stereocenters. The Morgan fingerprint density at radius 1 is 1.50 bits per heavy atom. The van der Waals surface area contributed by atoms with Crippen molar-refractivity contribution in [1.82, 2.24) is 9.88 Å². The van der Waals surface area contributed by atoms with Crippen LogP contribution in [0, 0.1) is 0 Å². The van der Waals surface area contributed by atoms with E-state index in [1.807, 2.05) is 6.20 Å². The first-order chi connectivity index (χ1) is 6.79. The number of aromatic nitrogens is 1. The fourth-order valence-electron chi connectivity index (χ4n) is 1.56. The van der Waals surface area contributed by atoms with Crippen LogP contribution in [0.25, 0.3) is 5.70 Å². The number of rotatable bonds is 1. The van der Waals surface area contributed by atoms with E-state index in [4.69, 9.17) is 5.73 Å². The molecule has 0 saturated carbocycles. The van der Waals surface area contributed by atoms with Crippen molar-refractivity contribution in [1.29, 1.82) is 0 Å². The molecule has 4 nitrogen and oxygen atoms in total. The van der Waals surface area contributed by atoms with E-state index >= 15 is 0 Å². The van der Waals surface area contributed by atoms with Gasteiger partial charge >= 0.3 is 0 Å². The van der Waals surface area contributed by atoms with Crippen molar-refractivity contribution in [3.63, 3.8) is 0 Å². The third kappa shape index (κ3) is 1.51. The zero-order chi connectivity index (χ0) is 9.97. The first kappa shape index (κ1) is 8.87. The van der Waals surface area contributed by atoms with Crippen molar-refractivity contribution in [3.8, 4) is 0 Å². The smallest absolute Gasteiger partial charge is 0.277 e. The first-order valence-corrected chi connectivity index (χ1v) is 4.69. The number of pyridine rings is 1. The highest BCUT2D eigenvalue weighted by atomic mass is 16.1. The van der Waals surface area contributed by atoms with Gasteiger partial charge in [0.25, 0.3) is 5.56 Å². The number of hydrogen-bond donors (Lipinski definition) is 2. The highest BCUT2D eigenvalue weighted by Crippen LogP contribution is 2.12. The van der Waals surface area contributed by atoms with Crippen molar-refractivity contribution in [3.05, 3.63) is 34.9 Å². The van der Waals surface area contributed by atoms with E-state index in [0.29, 0.717) is 5.69 Å². The molecule has 4 heteroatoms. The lowest BCUT2D eigenvalue weighted by atomic mass is 10.2. The lowest BCUT2D eigenvalue weighted by Gasteiger charge is -2.16. The summed E-state index contributed by atoms with van der Waals surface area (Å²) in [5.41, 5.74) is 6.68. The van der Waals surface area contributed by atoms with Gasteiger partial charge in [-0.3, -0.25) is 9.36 Å².